The van der Waals surface area contributed by atoms with Crippen LogP contribution in [0.4, 0.5) is 0 Å². The predicted octanol–water partition coefficient (Wildman–Crippen LogP) is -2.95. The van der Waals surface area contributed by atoms with Crippen LogP contribution in [0.15, 0.2) is 0 Å². The first-order valence-electron chi connectivity index (χ1n) is 2.28. The zero-order chi connectivity index (χ0) is 10.9. The number of hydrogen-bond donors (Lipinski definition) is 5. The van der Waals surface area contributed by atoms with Gasteiger partial charge in [0.25, 0.3) is 0 Å². The van der Waals surface area contributed by atoms with Gasteiger partial charge in [0, 0.05) is 0 Å². The predicted molar refractivity (Wildman–Crippen MR) is 51.6 cm³/mol. The summed E-state index contributed by atoms with van der Waals surface area (Å²) in [5.74, 6) is 0. The summed E-state index contributed by atoms with van der Waals surface area (Å²) in [6.45, 7) is 0. The van der Waals surface area contributed by atoms with Gasteiger partial charge in [-0.15, -0.1) is 0 Å². The standard InChI is InChI=1S/H5O10P3.H7Se/c1-11(2,3)9-13(7,8)10-12(4,5)6;/h(H,7,8)(H2,1,2,3)(H2,4,5,6);1H7/q;+5. The van der Waals surface area contributed by atoms with Crippen LogP contribution in [-0.2, 0) is 22.3 Å². The van der Waals surface area contributed by atoms with Gasteiger partial charge in [0.05, 0.1) is 0 Å². The summed E-state index contributed by atoms with van der Waals surface area (Å²) >= 11 is 0. The molecule has 0 radical (unpaired) electrons. The second kappa shape index (κ2) is 5.32. The van der Waals surface area contributed by atoms with E-state index >= 15 is 0 Å². The number of rotatable bonds is 4. The minimum absolute atomic E-state index is 0. The Balaban J connectivity index is 0. The molecule has 10 nitrogen and oxygen atoms in total. The molecule has 0 bridgehead atoms. The van der Waals surface area contributed by atoms with Crippen LogP contribution in [0.25, 0.3) is 0 Å². The van der Waals surface area contributed by atoms with Gasteiger partial charge in [0.15, 0.2) is 0 Å². The molecule has 0 aliphatic heterocycles. The molecular weight excluding hydrogens is 332 g/mol. The van der Waals surface area contributed by atoms with E-state index < -0.39 is 23.5 Å². The Kier molecular flexibility index (Phi) is 6.58. The molecule has 0 aromatic rings. The Labute approximate surface area is 87.8 Å². The monoisotopic (exact) mass is 345 g/mol. The molecule has 0 spiro atoms. The molecule has 0 saturated heterocycles. The normalized spacial score (nSPS) is 13.5. The van der Waals surface area contributed by atoms with Crippen molar-refractivity contribution in [3.05, 3.63) is 0 Å². The molecule has 0 aromatic heterocycles. The molecule has 14 heavy (non-hydrogen) atoms. The molecular formula is H12O10P3Se+5. The average molecular weight is 344 g/mol. The van der Waals surface area contributed by atoms with E-state index in [4.69, 9.17) is 24.5 Å². The van der Waals surface area contributed by atoms with Crippen molar-refractivity contribution in [2.45, 2.75) is 0 Å². The van der Waals surface area contributed by atoms with Crippen molar-refractivity contribution in [3.63, 3.8) is 0 Å². The first-order chi connectivity index (χ1) is 5.41. The molecule has 0 fully saturated rings. The summed E-state index contributed by atoms with van der Waals surface area (Å²) in [6.07, 6.45) is 0. The van der Waals surface area contributed by atoms with Crippen LogP contribution in [0, 0.1) is 0 Å². The maximum absolute atomic E-state index is 10.4. The summed E-state index contributed by atoms with van der Waals surface area (Å²) in [5, 5.41) is 0. The van der Waals surface area contributed by atoms with Crippen molar-refractivity contribution in [2.24, 2.45) is 0 Å². The molecule has 5 N–H and O–H groups in total. The zero-order valence-electron chi connectivity index (χ0n) is 5.62. The van der Waals surface area contributed by atoms with Crippen LogP contribution < -0.4 is 0 Å². The van der Waals surface area contributed by atoms with Crippen molar-refractivity contribution in [2.75, 3.05) is 0 Å². The van der Waals surface area contributed by atoms with Crippen LogP contribution in [-0.4, -0.2) is 41.5 Å². The fourth-order valence-corrected chi connectivity index (χ4v) is 2.82. The summed E-state index contributed by atoms with van der Waals surface area (Å²) in [5.41, 5.74) is 0. The van der Waals surface area contributed by atoms with Gasteiger partial charge in [-0.1, -0.05) is 0 Å². The molecule has 0 unspecified atom stereocenters. The van der Waals surface area contributed by atoms with Gasteiger partial charge in [-0.2, -0.15) is 8.62 Å². The number of phosphoric acid groups is 3. The summed E-state index contributed by atoms with van der Waals surface area (Å²) in [6, 6.07) is 0. The minimum atomic E-state index is -5.46. The quantitative estimate of drug-likeness (QED) is 0.262. The van der Waals surface area contributed by atoms with Gasteiger partial charge in [0.1, 0.15) is 0 Å². The second-order valence-corrected chi connectivity index (χ2v) is 5.82. The average Bonchev–Trinajstić information content (AvgIpc) is 1.43. The van der Waals surface area contributed by atoms with Crippen LogP contribution in [0.2, 0.25) is 0 Å². The summed E-state index contributed by atoms with van der Waals surface area (Å²) in [7, 11) is -16.2. The van der Waals surface area contributed by atoms with E-state index in [-0.39, 0.29) is 17.1 Å². The first-order valence-corrected chi connectivity index (χ1v) is 6.83. The van der Waals surface area contributed by atoms with Gasteiger partial charge in [0.2, 0.25) is 0 Å². The molecule has 0 atom stereocenters. The van der Waals surface area contributed by atoms with Gasteiger partial charge < -0.3 is 24.5 Å². The van der Waals surface area contributed by atoms with Crippen molar-refractivity contribution < 1.29 is 46.8 Å². The molecule has 0 saturated carbocycles. The first kappa shape index (κ1) is 17.3. The van der Waals surface area contributed by atoms with Crippen LogP contribution in [0.3, 0.4) is 0 Å². The fraction of sp³-hybridized carbons (Fsp3) is 0. The Morgan fingerprint density at radius 3 is 1.07 bits per heavy atom. The van der Waals surface area contributed by atoms with E-state index in [0.717, 1.165) is 0 Å². The van der Waals surface area contributed by atoms with Crippen molar-refractivity contribution in [1.29, 1.82) is 0 Å². The van der Waals surface area contributed by atoms with Gasteiger partial charge in [-0.25, -0.2) is 13.7 Å². The van der Waals surface area contributed by atoms with Gasteiger partial charge >= 0.3 is 40.5 Å². The SMILES string of the molecule is O=P(O)(O)OP(=O)(O)OP(=O)(O)O.[SeH7+5]. The third-order valence-electron chi connectivity index (χ3n) is 0.419. The van der Waals surface area contributed by atoms with E-state index in [1.165, 1.54) is 0 Å². The Bertz CT molecular complexity index is 277. The van der Waals surface area contributed by atoms with E-state index in [1.54, 1.807) is 0 Å². The van der Waals surface area contributed by atoms with E-state index in [9.17, 15) is 13.7 Å². The topological polar surface area (TPSA) is 171 Å². The van der Waals surface area contributed by atoms with Crippen LogP contribution in [0.1, 0.15) is 0 Å². The Hall–Kier alpha value is 0.929. The third-order valence-corrected chi connectivity index (χ3v) is 3.77. The van der Waals surface area contributed by atoms with Gasteiger partial charge in [-0.3, -0.25) is 0 Å². The zero-order valence-corrected chi connectivity index (χ0v) is 8.30. The van der Waals surface area contributed by atoms with Crippen molar-refractivity contribution >= 4 is 40.5 Å². The Morgan fingerprint density at radius 2 is 0.929 bits per heavy atom. The second-order valence-electron chi connectivity index (χ2n) is 1.61. The number of hydrogen-bond acceptors (Lipinski definition) is 5. The van der Waals surface area contributed by atoms with Crippen molar-refractivity contribution in [3.8, 4) is 0 Å². The van der Waals surface area contributed by atoms with E-state index in [1.807, 2.05) is 0 Å². The molecule has 0 amide bonds. The summed E-state index contributed by atoms with van der Waals surface area (Å²) < 4.78 is 36.4. The molecule has 14 heteroatoms. The van der Waals surface area contributed by atoms with E-state index in [0.29, 0.717) is 0 Å². The Morgan fingerprint density at radius 1 is 0.714 bits per heavy atom. The molecule has 0 rings (SSSR count). The third kappa shape index (κ3) is 11.0. The van der Waals surface area contributed by atoms with Gasteiger partial charge in [-0.05, 0) is 0 Å². The van der Waals surface area contributed by atoms with Crippen LogP contribution in [0.5, 0.6) is 0 Å². The fourth-order valence-electron chi connectivity index (χ4n) is 0.284. The van der Waals surface area contributed by atoms with Crippen molar-refractivity contribution in [1.82, 2.24) is 0 Å². The molecule has 88 valence electrons. The summed E-state index contributed by atoms with van der Waals surface area (Å²) in [4.78, 5) is 40.2. The molecule has 0 aliphatic carbocycles. The van der Waals surface area contributed by atoms with E-state index in [2.05, 4.69) is 8.62 Å². The molecule has 0 heterocycles. The van der Waals surface area contributed by atoms with Crippen LogP contribution >= 0.6 is 23.5 Å². The molecule has 0 aromatic carbocycles. The molecule has 0 aliphatic rings. The maximum atomic E-state index is 10.4.